The van der Waals surface area contributed by atoms with Crippen molar-refractivity contribution in [2.45, 2.75) is 46.1 Å². The second-order valence-corrected chi connectivity index (χ2v) is 7.97. The summed E-state index contributed by atoms with van der Waals surface area (Å²) >= 11 is 0. The highest BCUT2D eigenvalue weighted by Gasteiger charge is 2.15. The highest BCUT2D eigenvalue weighted by Crippen LogP contribution is 2.06. The van der Waals surface area contributed by atoms with Gasteiger partial charge in [-0.3, -0.25) is 4.99 Å². The fourth-order valence-corrected chi connectivity index (χ4v) is 2.77. The average molecular weight is 512 g/mol. The van der Waals surface area contributed by atoms with E-state index in [0.717, 1.165) is 51.6 Å². The van der Waals surface area contributed by atoms with Gasteiger partial charge in [0, 0.05) is 45.8 Å². The summed E-state index contributed by atoms with van der Waals surface area (Å²) in [6, 6.07) is 0. The molecule has 1 aliphatic heterocycles. The molecule has 1 fully saturated rings. The molecule has 0 atom stereocenters. The van der Waals surface area contributed by atoms with Crippen molar-refractivity contribution in [3.63, 3.8) is 0 Å². The van der Waals surface area contributed by atoms with Gasteiger partial charge >= 0.3 is 6.09 Å². The number of likely N-dealkylation sites (N-methyl/N-ethyl adjacent to an activating group) is 1. The molecule has 1 rings (SSSR count). The Kier molecular flexibility index (Phi) is 14.6. The Hall–Kier alpha value is -0.810. The third-order valence-electron chi connectivity index (χ3n) is 4.15. The van der Waals surface area contributed by atoms with Crippen LogP contribution in [0.25, 0.3) is 0 Å². The maximum atomic E-state index is 11.6. The summed E-state index contributed by atoms with van der Waals surface area (Å²) < 4.78 is 5.21. The number of aliphatic imine (C=N–C) groups is 1. The number of ether oxygens (including phenoxy) is 1. The molecule has 0 aromatic heterocycles. The smallest absolute Gasteiger partial charge is 0.407 e. The first-order chi connectivity index (χ1) is 12.8. The third kappa shape index (κ3) is 14.2. The predicted molar refractivity (Wildman–Crippen MR) is 127 cm³/mol. The fraction of sp³-hybridized carbons (Fsp3) is 0.895. The van der Waals surface area contributed by atoms with Gasteiger partial charge in [-0.1, -0.05) is 0 Å². The number of carbonyl (C=O) groups excluding carboxylic acids is 1. The summed E-state index contributed by atoms with van der Waals surface area (Å²) in [7, 11) is 2.19. The third-order valence-corrected chi connectivity index (χ3v) is 4.15. The van der Waals surface area contributed by atoms with Gasteiger partial charge in [0.2, 0.25) is 0 Å². The summed E-state index contributed by atoms with van der Waals surface area (Å²) in [5.41, 5.74) is -0.465. The number of amides is 1. The van der Waals surface area contributed by atoms with Gasteiger partial charge < -0.3 is 30.5 Å². The standard InChI is InChI=1S/C19H40N6O2.HI/c1-6-20-17(21-9-7-10-23-18(26)27-19(2,3)4)22-11-14-25-13-8-12-24(5)15-16-25;/h6-16H2,1-5H3,(H,23,26)(H2,20,21,22);1H. The van der Waals surface area contributed by atoms with Gasteiger partial charge in [-0.25, -0.2) is 4.79 Å². The molecule has 166 valence electrons. The molecule has 0 bridgehead atoms. The molecule has 0 spiro atoms. The van der Waals surface area contributed by atoms with Crippen LogP contribution in [0.5, 0.6) is 0 Å². The van der Waals surface area contributed by atoms with Gasteiger partial charge in [0.25, 0.3) is 0 Å². The molecule has 0 unspecified atom stereocenters. The lowest BCUT2D eigenvalue weighted by atomic mass is 10.2. The normalized spacial score (nSPS) is 16.7. The molecular formula is C19H41IN6O2. The van der Waals surface area contributed by atoms with Crippen molar-refractivity contribution in [1.82, 2.24) is 25.8 Å². The summed E-state index contributed by atoms with van der Waals surface area (Å²) in [5, 5.41) is 9.43. The Morgan fingerprint density at radius 2 is 1.82 bits per heavy atom. The lowest BCUT2D eigenvalue weighted by Gasteiger charge is -2.21. The van der Waals surface area contributed by atoms with Crippen molar-refractivity contribution >= 4 is 36.0 Å². The van der Waals surface area contributed by atoms with Gasteiger partial charge in [0.1, 0.15) is 5.60 Å². The Bertz CT molecular complexity index is 456. The molecule has 8 nitrogen and oxygen atoms in total. The molecule has 1 amide bonds. The van der Waals surface area contributed by atoms with Crippen molar-refractivity contribution in [2.24, 2.45) is 4.99 Å². The van der Waals surface area contributed by atoms with E-state index in [2.05, 4.69) is 44.7 Å². The van der Waals surface area contributed by atoms with E-state index in [9.17, 15) is 4.79 Å². The summed E-state index contributed by atoms with van der Waals surface area (Å²) in [6.07, 6.45) is 1.63. The fourth-order valence-electron chi connectivity index (χ4n) is 2.77. The maximum absolute atomic E-state index is 11.6. The summed E-state index contributed by atoms with van der Waals surface area (Å²) in [4.78, 5) is 21.1. The maximum Gasteiger partial charge on any atom is 0.407 e. The van der Waals surface area contributed by atoms with E-state index in [-0.39, 0.29) is 30.1 Å². The number of hydrogen-bond acceptors (Lipinski definition) is 5. The van der Waals surface area contributed by atoms with Crippen LogP contribution in [0.3, 0.4) is 0 Å². The first-order valence-electron chi connectivity index (χ1n) is 10.2. The molecule has 28 heavy (non-hydrogen) atoms. The molecule has 0 saturated carbocycles. The Balaban J connectivity index is 0.00000729. The van der Waals surface area contributed by atoms with E-state index < -0.39 is 5.60 Å². The molecule has 1 aliphatic rings. The van der Waals surface area contributed by atoms with E-state index >= 15 is 0 Å². The minimum atomic E-state index is -0.465. The van der Waals surface area contributed by atoms with Crippen LogP contribution in [0.4, 0.5) is 4.79 Å². The second-order valence-electron chi connectivity index (χ2n) is 7.97. The summed E-state index contributed by atoms with van der Waals surface area (Å²) in [5.74, 6) is 0.835. The zero-order valence-corrected chi connectivity index (χ0v) is 20.7. The van der Waals surface area contributed by atoms with E-state index in [0.29, 0.717) is 13.1 Å². The molecule has 1 heterocycles. The average Bonchev–Trinajstić information content (AvgIpc) is 2.77. The number of carbonyl (C=O) groups is 1. The predicted octanol–water partition coefficient (Wildman–Crippen LogP) is 1.71. The van der Waals surface area contributed by atoms with Crippen LogP contribution in [0.1, 0.15) is 40.5 Å². The molecule has 0 aliphatic carbocycles. The molecule has 9 heteroatoms. The molecule has 1 saturated heterocycles. The van der Waals surface area contributed by atoms with Crippen LogP contribution >= 0.6 is 24.0 Å². The highest BCUT2D eigenvalue weighted by molar-refractivity contribution is 14.0. The highest BCUT2D eigenvalue weighted by atomic mass is 127. The number of halogens is 1. The molecule has 3 N–H and O–H groups in total. The Labute approximate surface area is 188 Å². The van der Waals surface area contributed by atoms with E-state index in [1.807, 2.05) is 20.8 Å². The van der Waals surface area contributed by atoms with Crippen LogP contribution in [-0.2, 0) is 4.74 Å². The number of hydrogen-bond donors (Lipinski definition) is 3. The van der Waals surface area contributed by atoms with Crippen LogP contribution in [0.2, 0.25) is 0 Å². The quantitative estimate of drug-likeness (QED) is 0.199. The van der Waals surface area contributed by atoms with Crippen molar-refractivity contribution in [2.75, 3.05) is 66.0 Å². The van der Waals surface area contributed by atoms with Crippen molar-refractivity contribution in [1.29, 1.82) is 0 Å². The van der Waals surface area contributed by atoms with Crippen molar-refractivity contribution < 1.29 is 9.53 Å². The first-order valence-corrected chi connectivity index (χ1v) is 10.2. The van der Waals surface area contributed by atoms with Crippen LogP contribution in [-0.4, -0.2) is 93.4 Å². The van der Waals surface area contributed by atoms with Gasteiger partial charge in [0.15, 0.2) is 5.96 Å². The van der Waals surface area contributed by atoms with Crippen molar-refractivity contribution in [3.8, 4) is 0 Å². The van der Waals surface area contributed by atoms with Crippen LogP contribution < -0.4 is 16.0 Å². The van der Waals surface area contributed by atoms with Gasteiger partial charge in [-0.15, -0.1) is 24.0 Å². The van der Waals surface area contributed by atoms with E-state index in [4.69, 9.17) is 4.74 Å². The number of alkyl carbamates (subject to hydrolysis) is 1. The second kappa shape index (κ2) is 15.1. The Morgan fingerprint density at radius 1 is 1.07 bits per heavy atom. The van der Waals surface area contributed by atoms with Gasteiger partial charge in [-0.05, 0) is 60.7 Å². The number of nitrogens with one attached hydrogen (secondary N) is 3. The van der Waals surface area contributed by atoms with E-state index in [1.165, 1.54) is 13.0 Å². The Morgan fingerprint density at radius 3 is 2.50 bits per heavy atom. The summed E-state index contributed by atoms with van der Waals surface area (Å²) in [6.45, 7) is 16.2. The monoisotopic (exact) mass is 512 g/mol. The zero-order chi connectivity index (χ0) is 20.1. The minimum Gasteiger partial charge on any atom is -0.444 e. The van der Waals surface area contributed by atoms with E-state index in [1.54, 1.807) is 0 Å². The number of nitrogens with zero attached hydrogens (tertiary/aromatic N) is 3. The van der Waals surface area contributed by atoms with Crippen molar-refractivity contribution in [3.05, 3.63) is 0 Å². The minimum absolute atomic E-state index is 0. The number of guanidine groups is 1. The topological polar surface area (TPSA) is 81.2 Å². The first kappa shape index (κ1) is 27.2. The lowest BCUT2D eigenvalue weighted by Crippen LogP contribution is -2.42. The molecular weight excluding hydrogens is 471 g/mol. The van der Waals surface area contributed by atoms with Crippen LogP contribution in [0, 0.1) is 0 Å². The van der Waals surface area contributed by atoms with Gasteiger partial charge in [0.05, 0.1) is 0 Å². The zero-order valence-electron chi connectivity index (χ0n) is 18.3. The molecule has 0 aromatic rings. The number of rotatable bonds is 8. The molecule has 0 radical (unpaired) electrons. The molecule has 0 aromatic carbocycles. The largest absolute Gasteiger partial charge is 0.444 e. The van der Waals surface area contributed by atoms with Gasteiger partial charge in [-0.2, -0.15) is 0 Å². The SMILES string of the molecule is CCNC(=NCCCNC(=O)OC(C)(C)C)NCCN1CCCN(C)CC1.I. The lowest BCUT2D eigenvalue weighted by molar-refractivity contribution is 0.0527. The van der Waals surface area contributed by atoms with Crippen LogP contribution in [0.15, 0.2) is 4.99 Å².